The van der Waals surface area contributed by atoms with Crippen molar-refractivity contribution in [3.05, 3.63) is 136 Å². The second-order valence-corrected chi connectivity index (χ2v) is 12.4. The minimum Gasteiger partial charge on any atom is -0.354 e. The topological polar surface area (TPSA) is 109 Å². The maximum absolute atomic E-state index is 14.5. The maximum Gasteiger partial charge on any atom is 0.254 e. The quantitative estimate of drug-likeness (QED) is 0.193. The van der Waals surface area contributed by atoms with Gasteiger partial charge in [0.2, 0.25) is 11.8 Å². The molecular formula is C37H39N5O3S. The van der Waals surface area contributed by atoms with Gasteiger partial charge in [0.25, 0.3) is 5.91 Å². The monoisotopic (exact) mass is 633 g/mol. The zero-order chi connectivity index (χ0) is 32.5. The minimum absolute atomic E-state index is 0.243. The molecule has 2 atom stereocenters. The number of nitrogens with two attached hydrogens (primary N) is 1. The lowest BCUT2D eigenvalue weighted by Crippen LogP contribution is -2.56. The van der Waals surface area contributed by atoms with E-state index in [9.17, 15) is 14.4 Å². The number of amides is 3. The van der Waals surface area contributed by atoms with Crippen LogP contribution < -0.4 is 11.1 Å². The van der Waals surface area contributed by atoms with E-state index in [0.717, 1.165) is 32.3 Å². The summed E-state index contributed by atoms with van der Waals surface area (Å²) in [5, 5.41) is 7.14. The number of hydrogen-bond acceptors (Lipinski definition) is 6. The van der Waals surface area contributed by atoms with E-state index < -0.39 is 12.1 Å². The minimum atomic E-state index is -0.865. The van der Waals surface area contributed by atoms with Crippen LogP contribution in [0.15, 0.2) is 109 Å². The molecule has 5 rings (SSSR count). The molecule has 8 nitrogen and oxygen atoms in total. The second kappa shape index (κ2) is 15.4. The van der Waals surface area contributed by atoms with Crippen molar-refractivity contribution in [2.24, 2.45) is 5.73 Å². The van der Waals surface area contributed by atoms with Crippen molar-refractivity contribution in [3.63, 3.8) is 0 Å². The number of benzene rings is 3. The van der Waals surface area contributed by atoms with E-state index in [-0.39, 0.29) is 24.1 Å². The van der Waals surface area contributed by atoms with E-state index >= 15 is 0 Å². The van der Waals surface area contributed by atoms with Gasteiger partial charge in [0.15, 0.2) is 0 Å². The molecule has 3 amide bonds. The van der Waals surface area contributed by atoms with Crippen LogP contribution >= 0.6 is 11.3 Å². The number of nitrogens with zero attached hydrogens (tertiary/aromatic N) is 3. The molecule has 3 N–H and O–H groups in total. The summed E-state index contributed by atoms with van der Waals surface area (Å²) in [5.74, 6) is -0.850. The second-order valence-electron chi connectivity index (χ2n) is 11.4. The molecule has 0 bridgehead atoms. The normalized spacial score (nSPS) is 12.3. The molecule has 46 heavy (non-hydrogen) atoms. The Morgan fingerprint density at radius 3 is 2.30 bits per heavy atom. The maximum atomic E-state index is 14.5. The van der Waals surface area contributed by atoms with Crippen LogP contribution in [0.2, 0.25) is 0 Å². The van der Waals surface area contributed by atoms with Crippen LogP contribution in [0.5, 0.6) is 0 Å². The smallest absolute Gasteiger partial charge is 0.254 e. The predicted molar refractivity (Wildman–Crippen MR) is 183 cm³/mol. The summed E-state index contributed by atoms with van der Waals surface area (Å²) in [7, 11) is 3.31. The Kier molecular flexibility index (Phi) is 10.9. The summed E-state index contributed by atoms with van der Waals surface area (Å²) in [6, 6.07) is 27.4. The number of aromatic nitrogens is 1. The van der Waals surface area contributed by atoms with E-state index in [2.05, 4.69) is 16.4 Å². The Morgan fingerprint density at radius 2 is 1.57 bits per heavy atom. The predicted octanol–water partition coefficient (Wildman–Crippen LogP) is 4.87. The van der Waals surface area contributed by atoms with Crippen molar-refractivity contribution < 1.29 is 14.4 Å². The Balaban J connectivity index is 1.43. The molecule has 5 aromatic rings. The Hall–Kier alpha value is -4.86. The van der Waals surface area contributed by atoms with Crippen molar-refractivity contribution in [1.29, 1.82) is 0 Å². The van der Waals surface area contributed by atoms with Crippen LogP contribution in [0.4, 0.5) is 0 Å². The van der Waals surface area contributed by atoms with E-state index in [4.69, 9.17) is 5.73 Å². The Bertz CT molecular complexity index is 1780. The molecule has 0 radical (unpaired) electrons. The average Bonchev–Trinajstić information content (AvgIpc) is 3.62. The largest absolute Gasteiger partial charge is 0.354 e. The fourth-order valence-electron chi connectivity index (χ4n) is 5.57. The number of rotatable bonds is 13. The Morgan fingerprint density at radius 1 is 0.783 bits per heavy atom. The number of fused-ring (bicyclic) bond motifs is 1. The van der Waals surface area contributed by atoms with Gasteiger partial charge in [0.1, 0.15) is 12.1 Å². The van der Waals surface area contributed by atoms with Gasteiger partial charge < -0.3 is 20.9 Å². The van der Waals surface area contributed by atoms with Gasteiger partial charge in [-0.1, -0.05) is 60.7 Å². The van der Waals surface area contributed by atoms with E-state index in [0.29, 0.717) is 31.5 Å². The summed E-state index contributed by atoms with van der Waals surface area (Å²) < 4.78 is 0. The lowest BCUT2D eigenvalue weighted by Gasteiger charge is -2.34. The van der Waals surface area contributed by atoms with Gasteiger partial charge >= 0.3 is 0 Å². The highest BCUT2D eigenvalue weighted by Crippen LogP contribution is 2.22. The van der Waals surface area contributed by atoms with Crippen LogP contribution in [-0.2, 0) is 35.4 Å². The number of pyridine rings is 1. The standard InChI is InChI=1S/C37H39N5O3S/c1-41(33(24-32-11-6-20-46-32)35(43)40-19-16-26-14-17-39-18-15-26)37(45)34(23-27-12-13-29-8-3-4-9-30(29)21-27)42(2)36(44)31-10-5-7-28(22-31)25-38/h3-15,17-18,20-22,33-34H,16,19,23-25,38H2,1-2H3,(H,40,43)/t33-,34-/m1/s1. The number of carbonyl (C=O) groups excluding carboxylic acids is 3. The van der Waals surface area contributed by atoms with E-state index in [1.54, 1.807) is 56.0 Å². The highest BCUT2D eigenvalue weighted by Gasteiger charge is 2.35. The third-order valence-corrected chi connectivity index (χ3v) is 9.18. The molecule has 0 spiro atoms. The number of nitrogens with one attached hydrogen (secondary N) is 1. The van der Waals surface area contributed by atoms with Crippen molar-refractivity contribution in [2.45, 2.75) is 37.9 Å². The first kappa shape index (κ1) is 32.5. The first-order valence-electron chi connectivity index (χ1n) is 15.3. The van der Waals surface area contributed by atoms with Crippen molar-refractivity contribution in [1.82, 2.24) is 20.1 Å². The lowest BCUT2D eigenvalue weighted by molar-refractivity contribution is -0.142. The zero-order valence-electron chi connectivity index (χ0n) is 26.1. The highest BCUT2D eigenvalue weighted by atomic mass is 32.1. The van der Waals surface area contributed by atoms with Gasteiger partial charge in [0, 0.05) is 62.9 Å². The van der Waals surface area contributed by atoms with Crippen LogP contribution in [0.3, 0.4) is 0 Å². The molecule has 0 saturated carbocycles. The molecule has 0 fully saturated rings. The highest BCUT2D eigenvalue weighted by molar-refractivity contribution is 7.09. The molecule has 0 unspecified atom stereocenters. The fourth-order valence-corrected chi connectivity index (χ4v) is 6.31. The molecule has 2 aromatic heterocycles. The SMILES string of the molecule is CN(C(=O)c1cccc(CN)c1)[C@H](Cc1ccc2ccccc2c1)C(=O)N(C)[C@H](Cc1cccs1)C(=O)NCCc1ccncc1. The number of carbonyl (C=O) groups is 3. The summed E-state index contributed by atoms with van der Waals surface area (Å²) in [5.41, 5.74) is 9.10. The summed E-state index contributed by atoms with van der Waals surface area (Å²) in [4.78, 5) is 50.1. The van der Waals surface area contributed by atoms with E-state index in [1.807, 2.05) is 72.1 Å². The summed E-state index contributed by atoms with van der Waals surface area (Å²) in [6.45, 7) is 0.718. The van der Waals surface area contributed by atoms with Crippen molar-refractivity contribution in [3.8, 4) is 0 Å². The summed E-state index contributed by atoms with van der Waals surface area (Å²) in [6.07, 6.45) is 4.73. The van der Waals surface area contributed by atoms with Gasteiger partial charge in [-0.3, -0.25) is 19.4 Å². The molecule has 236 valence electrons. The first-order valence-corrected chi connectivity index (χ1v) is 16.2. The first-order chi connectivity index (χ1) is 22.3. The van der Waals surface area contributed by atoms with Gasteiger partial charge in [-0.15, -0.1) is 11.3 Å². The zero-order valence-corrected chi connectivity index (χ0v) is 27.0. The molecule has 0 aliphatic carbocycles. The molecule has 9 heteroatoms. The lowest BCUT2D eigenvalue weighted by atomic mass is 9.98. The van der Waals surface area contributed by atoms with Gasteiger partial charge in [-0.25, -0.2) is 0 Å². The average molecular weight is 634 g/mol. The van der Waals surface area contributed by atoms with Gasteiger partial charge in [0.05, 0.1) is 0 Å². The van der Waals surface area contributed by atoms with Crippen LogP contribution in [0.25, 0.3) is 10.8 Å². The van der Waals surface area contributed by atoms with Gasteiger partial charge in [-0.2, -0.15) is 0 Å². The third kappa shape index (κ3) is 8.04. The van der Waals surface area contributed by atoms with Crippen molar-refractivity contribution >= 4 is 39.8 Å². The molecule has 0 aliphatic heterocycles. The Labute approximate surface area is 273 Å². The number of likely N-dealkylation sites (N-methyl/N-ethyl adjacent to an activating group) is 2. The van der Waals surface area contributed by atoms with Crippen LogP contribution in [0, 0.1) is 0 Å². The van der Waals surface area contributed by atoms with E-state index in [1.165, 1.54) is 9.80 Å². The number of hydrogen-bond donors (Lipinski definition) is 2. The van der Waals surface area contributed by atoms with Crippen molar-refractivity contribution in [2.75, 3.05) is 20.6 Å². The fraction of sp³-hybridized carbons (Fsp3) is 0.243. The molecule has 2 heterocycles. The summed E-state index contributed by atoms with van der Waals surface area (Å²) >= 11 is 1.54. The third-order valence-electron chi connectivity index (χ3n) is 8.28. The van der Waals surface area contributed by atoms with Crippen LogP contribution in [-0.4, -0.2) is 65.2 Å². The molecule has 0 aliphatic rings. The molecule has 3 aromatic carbocycles. The van der Waals surface area contributed by atoms with Crippen LogP contribution in [0.1, 0.15) is 31.9 Å². The van der Waals surface area contributed by atoms with Gasteiger partial charge in [-0.05, 0) is 69.6 Å². The molecular weight excluding hydrogens is 595 g/mol. The number of thiophene rings is 1. The molecule has 0 saturated heterocycles.